The number of halogens is 1. The van der Waals surface area contributed by atoms with E-state index >= 15 is 0 Å². The maximum Gasteiger partial charge on any atom is 0.123 e. The van der Waals surface area contributed by atoms with Crippen molar-refractivity contribution in [2.75, 3.05) is 19.6 Å². The zero-order valence-corrected chi connectivity index (χ0v) is 14.6. The molecule has 2 aromatic rings. The van der Waals surface area contributed by atoms with E-state index < -0.39 is 11.7 Å². The van der Waals surface area contributed by atoms with Gasteiger partial charge in [-0.25, -0.2) is 4.39 Å². The van der Waals surface area contributed by atoms with Crippen LogP contribution in [0, 0.1) is 17.7 Å². The third-order valence-corrected chi connectivity index (χ3v) is 5.96. The lowest BCUT2D eigenvalue weighted by Gasteiger charge is -2.48. The van der Waals surface area contributed by atoms with Crippen LogP contribution in [0.4, 0.5) is 4.39 Å². The first-order chi connectivity index (χ1) is 12.4. The molecule has 1 saturated heterocycles. The van der Waals surface area contributed by atoms with Crippen LogP contribution in [0.15, 0.2) is 48.5 Å². The second kappa shape index (κ2) is 6.65. The molecule has 1 unspecified atom stereocenters. The highest BCUT2D eigenvalue weighted by Gasteiger charge is 2.56. The van der Waals surface area contributed by atoms with Crippen molar-refractivity contribution in [2.24, 2.45) is 11.8 Å². The van der Waals surface area contributed by atoms with Crippen molar-refractivity contribution in [1.29, 1.82) is 0 Å². The van der Waals surface area contributed by atoms with Crippen LogP contribution in [0.1, 0.15) is 23.7 Å². The minimum absolute atomic E-state index is 0.186. The Balaban J connectivity index is 1.36. The molecule has 2 aromatic carbocycles. The Hall–Kier alpha value is -1.95. The number of rotatable bonds is 5. The van der Waals surface area contributed by atoms with E-state index in [0.29, 0.717) is 18.9 Å². The van der Waals surface area contributed by atoms with Gasteiger partial charge in [-0.3, -0.25) is 4.90 Å². The highest BCUT2D eigenvalue weighted by molar-refractivity contribution is 5.27. The van der Waals surface area contributed by atoms with Gasteiger partial charge in [0.05, 0.1) is 11.7 Å². The molecule has 1 aliphatic heterocycles. The number of fused-ring (bicyclic) bond motifs is 1. The molecular weight excluding hydrogens is 333 g/mol. The van der Waals surface area contributed by atoms with E-state index in [1.165, 1.54) is 12.1 Å². The smallest absolute Gasteiger partial charge is 0.123 e. The summed E-state index contributed by atoms with van der Waals surface area (Å²) in [4.78, 5) is 2.20. The first-order valence-electron chi connectivity index (χ1n) is 9.09. The molecule has 2 fully saturated rings. The van der Waals surface area contributed by atoms with Crippen LogP contribution < -0.4 is 0 Å². The topological polar surface area (TPSA) is 63.9 Å². The fraction of sp³-hybridized carbons (Fsp3) is 0.429. The van der Waals surface area contributed by atoms with Crippen LogP contribution in [-0.4, -0.2) is 45.5 Å². The number of aliphatic hydroxyl groups excluding tert-OH is 1. The molecule has 5 heteroatoms. The molecule has 0 amide bonds. The fourth-order valence-electron chi connectivity index (χ4n) is 4.58. The van der Waals surface area contributed by atoms with E-state index in [4.69, 9.17) is 0 Å². The molecule has 4 atom stereocenters. The second-order valence-electron chi connectivity index (χ2n) is 7.80. The van der Waals surface area contributed by atoms with Crippen molar-refractivity contribution in [3.63, 3.8) is 0 Å². The molecule has 3 N–H and O–H groups in total. The predicted molar refractivity (Wildman–Crippen MR) is 96.2 cm³/mol. The van der Waals surface area contributed by atoms with Crippen LogP contribution in [-0.2, 0) is 6.42 Å². The average molecular weight is 357 g/mol. The Labute approximate surface area is 152 Å². The van der Waals surface area contributed by atoms with E-state index in [1.807, 2.05) is 0 Å². The van der Waals surface area contributed by atoms with Crippen LogP contribution in [0.5, 0.6) is 5.75 Å². The van der Waals surface area contributed by atoms with E-state index in [-0.39, 0.29) is 17.5 Å². The van der Waals surface area contributed by atoms with Crippen molar-refractivity contribution in [3.8, 4) is 5.75 Å². The number of nitrogens with zero attached hydrogens (tertiary/aromatic N) is 1. The molecule has 1 saturated carbocycles. The third kappa shape index (κ3) is 3.34. The summed E-state index contributed by atoms with van der Waals surface area (Å²) in [6.07, 6.45) is 0.683. The van der Waals surface area contributed by atoms with Gasteiger partial charge in [-0.15, -0.1) is 0 Å². The van der Waals surface area contributed by atoms with Gasteiger partial charge in [0.1, 0.15) is 11.6 Å². The number of phenols is 1. The van der Waals surface area contributed by atoms with Crippen molar-refractivity contribution >= 4 is 0 Å². The SMILES string of the molecule is Oc1ccc(C(O)CN2C[C@H]3C[C@](O)(Cc4ccc(F)cc4)[C@H]3C2)cc1. The Bertz CT molecular complexity index is 764. The highest BCUT2D eigenvalue weighted by atomic mass is 19.1. The van der Waals surface area contributed by atoms with Gasteiger partial charge >= 0.3 is 0 Å². The number of hydrogen-bond donors (Lipinski definition) is 3. The van der Waals surface area contributed by atoms with Crippen LogP contribution >= 0.6 is 0 Å². The monoisotopic (exact) mass is 357 g/mol. The lowest BCUT2D eigenvalue weighted by atomic mass is 9.61. The molecule has 26 heavy (non-hydrogen) atoms. The van der Waals surface area contributed by atoms with Crippen LogP contribution in [0.3, 0.4) is 0 Å². The maximum absolute atomic E-state index is 13.1. The summed E-state index contributed by atoms with van der Waals surface area (Å²) in [6, 6.07) is 13.0. The number of β-amino-alcohol motifs (C(OH)–C–C–N with tert-alkyl or cyclic N) is 1. The van der Waals surface area contributed by atoms with Gasteiger partial charge in [-0.2, -0.15) is 0 Å². The van der Waals surface area contributed by atoms with Crippen LogP contribution in [0.2, 0.25) is 0 Å². The normalized spacial score (nSPS) is 29.2. The second-order valence-corrected chi connectivity index (χ2v) is 7.80. The summed E-state index contributed by atoms with van der Waals surface area (Å²) in [6.45, 7) is 2.16. The molecule has 1 heterocycles. The Morgan fingerprint density at radius 1 is 1.08 bits per heavy atom. The number of aromatic hydroxyl groups is 1. The van der Waals surface area contributed by atoms with Crippen LogP contribution in [0.25, 0.3) is 0 Å². The first kappa shape index (κ1) is 17.5. The summed E-state index contributed by atoms with van der Waals surface area (Å²) >= 11 is 0. The molecule has 4 nitrogen and oxygen atoms in total. The minimum Gasteiger partial charge on any atom is -0.508 e. The Morgan fingerprint density at radius 3 is 2.46 bits per heavy atom. The lowest BCUT2D eigenvalue weighted by Crippen LogP contribution is -2.55. The minimum atomic E-state index is -0.735. The Kier molecular flexibility index (Phi) is 4.47. The van der Waals surface area contributed by atoms with Gasteiger partial charge in [0, 0.05) is 32.0 Å². The highest BCUT2D eigenvalue weighted by Crippen LogP contribution is 2.50. The quantitative estimate of drug-likeness (QED) is 0.769. The van der Waals surface area contributed by atoms with E-state index in [9.17, 15) is 19.7 Å². The summed E-state index contributed by atoms with van der Waals surface area (Å²) in [5.41, 5.74) is 0.999. The molecule has 0 spiro atoms. The molecule has 0 bridgehead atoms. The maximum atomic E-state index is 13.1. The number of phenolic OH excluding ortho intramolecular Hbond substituents is 1. The predicted octanol–water partition coefficient (Wildman–Crippen LogP) is 2.49. The van der Waals surface area contributed by atoms with Gasteiger partial charge in [0.25, 0.3) is 0 Å². The number of likely N-dealkylation sites (tertiary alicyclic amines) is 1. The molecule has 0 aromatic heterocycles. The third-order valence-electron chi connectivity index (χ3n) is 5.96. The summed E-state index contributed by atoms with van der Waals surface area (Å²) in [7, 11) is 0. The molecular formula is C21H24FNO3. The van der Waals surface area contributed by atoms with Gasteiger partial charge in [-0.1, -0.05) is 24.3 Å². The molecule has 2 aliphatic rings. The molecule has 0 radical (unpaired) electrons. The summed E-state index contributed by atoms with van der Waals surface area (Å²) in [5, 5.41) is 30.8. The zero-order valence-electron chi connectivity index (χ0n) is 14.6. The number of aliphatic hydroxyl groups is 2. The largest absolute Gasteiger partial charge is 0.508 e. The fourth-order valence-corrected chi connectivity index (χ4v) is 4.58. The number of hydrogen-bond acceptors (Lipinski definition) is 4. The molecule has 1 aliphatic carbocycles. The zero-order chi connectivity index (χ0) is 18.3. The van der Waals surface area contributed by atoms with Gasteiger partial charge in [0.15, 0.2) is 0 Å². The lowest BCUT2D eigenvalue weighted by molar-refractivity contribution is -0.116. The van der Waals surface area contributed by atoms with E-state index in [1.54, 1.807) is 36.4 Å². The molecule has 4 rings (SSSR count). The molecule has 138 valence electrons. The van der Waals surface area contributed by atoms with Crippen molar-refractivity contribution < 1.29 is 19.7 Å². The van der Waals surface area contributed by atoms with E-state index in [0.717, 1.165) is 30.6 Å². The number of benzene rings is 2. The standard InChI is InChI=1S/C21H24FNO3/c22-17-5-1-14(2-6-17)9-21(26)10-16-11-23(12-19(16)21)13-20(25)15-3-7-18(24)8-4-15/h1-8,16,19-20,24-26H,9-13H2/t16-,19+,20?,21-/m1/s1. The average Bonchev–Trinajstić information content (AvgIpc) is 2.95. The van der Waals surface area contributed by atoms with Gasteiger partial charge < -0.3 is 15.3 Å². The van der Waals surface area contributed by atoms with Gasteiger partial charge in [0.2, 0.25) is 0 Å². The van der Waals surface area contributed by atoms with Crippen molar-refractivity contribution in [1.82, 2.24) is 4.90 Å². The summed E-state index contributed by atoms with van der Waals surface area (Å²) < 4.78 is 13.1. The Morgan fingerprint density at radius 2 is 1.77 bits per heavy atom. The van der Waals surface area contributed by atoms with Gasteiger partial charge in [-0.05, 0) is 47.7 Å². The van der Waals surface area contributed by atoms with Crippen molar-refractivity contribution in [3.05, 3.63) is 65.5 Å². The first-order valence-corrected chi connectivity index (χ1v) is 9.09. The van der Waals surface area contributed by atoms with Crippen molar-refractivity contribution in [2.45, 2.75) is 24.5 Å². The summed E-state index contributed by atoms with van der Waals surface area (Å²) in [5.74, 6) is 0.570. The van der Waals surface area contributed by atoms with E-state index in [2.05, 4.69) is 4.90 Å².